The molecule has 0 spiro atoms. The molecule has 0 saturated heterocycles. The quantitative estimate of drug-likeness (QED) is 0.487. The summed E-state index contributed by atoms with van der Waals surface area (Å²) in [6.07, 6.45) is 0. The lowest BCUT2D eigenvalue weighted by Gasteiger charge is -2.12. The Bertz CT molecular complexity index is 487. The predicted octanol–water partition coefficient (Wildman–Crippen LogP) is 1.93. The Labute approximate surface area is 111 Å². The first-order valence-electron chi connectivity index (χ1n) is 5.84. The zero-order chi connectivity index (χ0) is 14.4. The highest BCUT2D eigenvalue weighted by Gasteiger charge is 2.11. The van der Waals surface area contributed by atoms with E-state index in [1.807, 2.05) is 13.8 Å². The molecular formula is C13H17FN2O3. The fourth-order valence-corrected chi connectivity index (χ4v) is 1.48. The molecular weight excluding hydrogens is 251 g/mol. The fraction of sp³-hybridized carbons (Fsp3) is 0.385. The molecule has 0 fully saturated rings. The van der Waals surface area contributed by atoms with E-state index < -0.39 is 5.82 Å². The van der Waals surface area contributed by atoms with E-state index in [2.05, 4.69) is 10.5 Å². The average molecular weight is 268 g/mol. The first-order valence-corrected chi connectivity index (χ1v) is 5.84. The SMILES string of the molecule is C/C(=N\O)c1ccc(F)cc1OCC(=O)NC(C)C. The Balaban J connectivity index is 2.82. The molecule has 6 heteroatoms. The van der Waals surface area contributed by atoms with E-state index in [0.29, 0.717) is 5.56 Å². The summed E-state index contributed by atoms with van der Waals surface area (Å²) >= 11 is 0. The van der Waals surface area contributed by atoms with Crippen LogP contribution in [0.2, 0.25) is 0 Å². The summed E-state index contributed by atoms with van der Waals surface area (Å²) in [4.78, 5) is 11.5. The number of hydrogen-bond donors (Lipinski definition) is 2. The Morgan fingerprint density at radius 1 is 1.53 bits per heavy atom. The topological polar surface area (TPSA) is 70.9 Å². The van der Waals surface area contributed by atoms with Gasteiger partial charge in [0.25, 0.3) is 5.91 Å². The monoisotopic (exact) mass is 268 g/mol. The van der Waals surface area contributed by atoms with Crippen LogP contribution in [-0.2, 0) is 4.79 Å². The number of amides is 1. The van der Waals surface area contributed by atoms with Crippen LogP contribution in [-0.4, -0.2) is 29.5 Å². The Morgan fingerprint density at radius 3 is 2.79 bits per heavy atom. The van der Waals surface area contributed by atoms with Crippen molar-refractivity contribution in [1.29, 1.82) is 0 Å². The number of rotatable bonds is 5. The smallest absolute Gasteiger partial charge is 0.258 e. The van der Waals surface area contributed by atoms with Gasteiger partial charge in [0.05, 0.1) is 5.71 Å². The second-order valence-corrected chi connectivity index (χ2v) is 4.34. The van der Waals surface area contributed by atoms with Crippen molar-refractivity contribution in [2.24, 2.45) is 5.16 Å². The molecule has 0 aliphatic rings. The van der Waals surface area contributed by atoms with Crippen LogP contribution in [0, 0.1) is 5.82 Å². The molecule has 1 rings (SSSR count). The van der Waals surface area contributed by atoms with Gasteiger partial charge in [-0.25, -0.2) is 4.39 Å². The molecule has 104 valence electrons. The van der Waals surface area contributed by atoms with E-state index >= 15 is 0 Å². The van der Waals surface area contributed by atoms with Gasteiger partial charge in [-0.1, -0.05) is 5.16 Å². The molecule has 2 N–H and O–H groups in total. The van der Waals surface area contributed by atoms with Gasteiger partial charge in [-0.3, -0.25) is 4.79 Å². The number of ether oxygens (including phenoxy) is 1. The number of carbonyl (C=O) groups excluding carboxylic acids is 1. The van der Waals surface area contributed by atoms with Crippen LogP contribution in [0.5, 0.6) is 5.75 Å². The number of hydrogen-bond acceptors (Lipinski definition) is 4. The van der Waals surface area contributed by atoms with Crippen LogP contribution in [0.4, 0.5) is 4.39 Å². The van der Waals surface area contributed by atoms with Gasteiger partial charge in [0, 0.05) is 17.7 Å². The molecule has 0 aliphatic carbocycles. The van der Waals surface area contributed by atoms with Gasteiger partial charge in [-0.2, -0.15) is 0 Å². The van der Waals surface area contributed by atoms with Gasteiger partial charge in [-0.15, -0.1) is 0 Å². The number of benzene rings is 1. The van der Waals surface area contributed by atoms with Gasteiger partial charge in [0.1, 0.15) is 11.6 Å². The molecule has 0 saturated carbocycles. The van der Waals surface area contributed by atoms with E-state index in [1.54, 1.807) is 6.92 Å². The Kier molecular flexibility index (Phi) is 5.29. The molecule has 0 radical (unpaired) electrons. The molecule has 1 aromatic rings. The maximum absolute atomic E-state index is 13.2. The van der Waals surface area contributed by atoms with Crippen molar-refractivity contribution in [3.05, 3.63) is 29.6 Å². The van der Waals surface area contributed by atoms with Crippen LogP contribution in [0.3, 0.4) is 0 Å². The fourth-order valence-electron chi connectivity index (χ4n) is 1.48. The molecule has 5 nitrogen and oxygen atoms in total. The number of nitrogens with one attached hydrogen (secondary N) is 1. The summed E-state index contributed by atoms with van der Waals surface area (Å²) in [6, 6.07) is 3.81. The molecule has 19 heavy (non-hydrogen) atoms. The highest BCUT2D eigenvalue weighted by atomic mass is 19.1. The third-order valence-corrected chi connectivity index (χ3v) is 2.29. The lowest BCUT2D eigenvalue weighted by molar-refractivity contribution is -0.123. The van der Waals surface area contributed by atoms with E-state index in [1.165, 1.54) is 12.1 Å². The summed E-state index contributed by atoms with van der Waals surface area (Å²) in [7, 11) is 0. The summed E-state index contributed by atoms with van der Waals surface area (Å²) in [5, 5.41) is 14.4. The van der Waals surface area contributed by atoms with Gasteiger partial charge in [0.15, 0.2) is 6.61 Å². The van der Waals surface area contributed by atoms with Crippen molar-refractivity contribution in [2.45, 2.75) is 26.8 Å². The largest absolute Gasteiger partial charge is 0.483 e. The molecule has 0 bridgehead atoms. The van der Waals surface area contributed by atoms with Crippen LogP contribution in [0.1, 0.15) is 26.3 Å². The third-order valence-electron chi connectivity index (χ3n) is 2.29. The van der Waals surface area contributed by atoms with E-state index in [4.69, 9.17) is 9.94 Å². The van der Waals surface area contributed by atoms with Gasteiger partial charge in [0.2, 0.25) is 0 Å². The van der Waals surface area contributed by atoms with Crippen molar-refractivity contribution < 1.29 is 19.1 Å². The van der Waals surface area contributed by atoms with Crippen molar-refractivity contribution in [3.8, 4) is 5.75 Å². The van der Waals surface area contributed by atoms with E-state index in [9.17, 15) is 9.18 Å². The molecule has 0 atom stereocenters. The highest BCUT2D eigenvalue weighted by molar-refractivity contribution is 6.00. The highest BCUT2D eigenvalue weighted by Crippen LogP contribution is 2.20. The second kappa shape index (κ2) is 6.72. The molecule has 0 aliphatic heterocycles. The van der Waals surface area contributed by atoms with Crippen molar-refractivity contribution in [3.63, 3.8) is 0 Å². The molecule has 1 amide bonds. The van der Waals surface area contributed by atoms with Crippen LogP contribution in [0.15, 0.2) is 23.4 Å². The minimum atomic E-state index is -0.492. The predicted molar refractivity (Wildman–Crippen MR) is 69.2 cm³/mol. The standard InChI is InChI=1S/C13H17FN2O3/c1-8(2)15-13(17)7-19-12-6-10(14)4-5-11(12)9(3)16-18/h4-6,8,18H,7H2,1-3H3,(H,15,17)/b16-9+. The van der Waals surface area contributed by atoms with Gasteiger partial charge in [-0.05, 0) is 32.9 Å². The minimum Gasteiger partial charge on any atom is -0.483 e. The van der Waals surface area contributed by atoms with E-state index in [0.717, 1.165) is 6.07 Å². The number of carbonyl (C=O) groups is 1. The summed E-state index contributed by atoms with van der Waals surface area (Å²) < 4.78 is 18.4. The van der Waals surface area contributed by atoms with E-state index in [-0.39, 0.29) is 30.0 Å². The minimum absolute atomic E-state index is 0.00354. The molecule has 0 aromatic heterocycles. The maximum atomic E-state index is 13.2. The zero-order valence-electron chi connectivity index (χ0n) is 11.1. The maximum Gasteiger partial charge on any atom is 0.258 e. The third kappa shape index (κ3) is 4.57. The van der Waals surface area contributed by atoms with Crippen LogP contribution < -0.4 is 10.1 Å². The Morgan fingerprint density at radius 2 is 2.21 bits per heavy atom. The first-order chi connectivity index (χ1) is 8.93. The lowest BCUT2D eigenvalue weighted by atomic mass is 10.1. The van der Waals surface area contributed by atoms with Crippen LogP contribution in [0.25, 0.3) is 0 Å². The van der Waals surface area contributed by atoms with Gasteiger partial charge >= 0.3 is 0 Å². The normalized spacial score (nSPS) is 11.5. The number of halogens is 1. The number of nitrogens with zero attached hydrogens (tertiary/aromatic N) is 1. The molecule has 1 aromatic carbocycles. The molecule has 0 heterocycles. The summed E-state index contributed by atoms with van der Waals surface area (Å²) in [5.74, 6) is -0.633. The zero-order valence-corrected chi connectivity index (χ0v) is 11.1. The average Bonchev–Trinajstić information content (AvgIpc) is 2.34. The van der Waals surface area contributed by atoms with Crippen LogP contribution >= 0.6 is 0 Å². The summed E-state index contributed by atoms with van der Waals surface area (Å²) in [6.45, 7) is 4.98. The second-order valence-electron chi connectivity index (χ2n) is 4.34. The molecule has 0 unspecified atom stereocenters. The van der Waals surface area contributed by atoms with Crippen molar-refractivity contribution >= 4 is 11.6 Å². The number of oxime groups is 1. The Hall–Kier alpha value is -2.11. The first kappa shape index (κ1) is 14.9. The van der Waals surface area contributed by atoms with Crippen molar-refractivity contribution in [1.82, 2.24) is 5.32 Å². The summed E-state index contributed by atoms with van der Waals surface area (Å²) in [5.41, 5.74) is 0.709. The van der Waals surface area contributed by atoms with Gasteiger partial charge < -0.3 is 15.3 Å². The lowest BCUT2D eigenvalue weighted by Crippen LogP contribution is -2.34. The van der Waals surface area contributed by atoms with Crippen molar-refractivity contribution in [2.75, 3.05) is 6.61 Å².